The van der Waals surface area contributed by atoms with E-state index in [0.29, 0.717) is 37.3 Å². The fourth-order valence-electron chi connectivity index (χ4n) is 7.36. The maximum atomic E-state index is 14.4. The molecule has 1 N–H and O–H groups in total. The second-order valence-corrected chi connectivity index (χ2v) is 10.2. The molecule has 1 saturated heterocycles. The van der Waals surface area contributed by atoms with E-state index in [1.807, 2.05) is 6.07 Å². The lowest BCUT2D eigenvalue weighted by molar-refractivity contribution is -0.136. The first-order chi connectivity index (χ1) is 14.4. The zero-order valence-electron chi connectivity index (χ0n) is 18.0. The molecule has 0 radical (unpaired) electrons. The number of nitrogens with one attached hydrogen (secondary N) is 1. The zero-order chi connectivity index (χ0) is 21.0. The Kier molecular flexibility index (Phi) is 5.00. The molecule has 4 nitrogen and oxygen atoms in total. The van der Waals surface area contributed by atoms with Crippen molar-refractivity contribution in [3.63, 3.8) is 0 Å². The molecule has 1 aromatic rings. The van der Waals surface area contributed by atoms with Crippen LogP contribution in [0.25, 0.3) is 0 Å². The van der Waals surface area contributed by atoms with Gasteiger partial charge >= 0.3 is 0 Å². The molecular formula is C25H32FNO3. The molecule has 1 heterocycles. The first kappa shape index (κ1) is 20.2. The second kappa shape index (κ2) is 7.44. The summed E-state index contributed by atoms with van der Waals surface area (Å²) in [5.41, 5.74) is 1.76. The molecule has 6 atom stereocenters. The highest BCUT2D eigenvalue weighted by molar-refractivity contribution is 5.88. The highest BCUT2D eigenvalue weighted by atomic mass is 19.1. The third kappa shape index (κ3) is 2.96. The van der Waals surface area contributed by atoms with Crippen LogP contribution in [0, 0.1) is 40.8 Å². The van der Waals surface area contributed by atoms with Crippen molar-refractivity contribution in [3.8, 4) is 0 Å². The van der Waals surface area contributed by atoms with Gasteiger partial charge in [-0.2, -0.15) is 0 Å². The maximum Gasteiger partial charge on any atom is 0.223 e. The average Bonchev–Trinajstić information content (AvgIpc) is 2.95. The predicted octanol–water partition coefficient (Wildman–Crippen LogP) is 3.88. The molecular weight excluding hydrogens is 381 g/mol. The summed E-state index contributed by atoms with van der Waals surface area (Å²) < 4.78 is 19.8. The molecule has 1 aliphatic heterocycles. The quantitative estimate of drug-likeness (QED) is 0.815. The third-order valence-electron chi connectivity index (χ3n) is 8.94. The van der Waals surface area contributed by atoms with Crippen LogP contribution in [0.15, 0.2) is 18.2 Å². The third-order valence-corrected chi connectivity index (χ3v) is 8.94. The molecule has 0 spiro atoms. The summed E-state index contributed by atoms with van der Waals surface area (Å²) in [4.78, 5) is 25.8. The highest BCUT2D eigenvalue weighted by Crippen LogP contribution is 2.62. The van der Waals surface area contributed by atoms with E-state index in [0.717, 1.165) is 37.7 Å². The van der Waals surface area contributed by atoms with E-state index in [-0.39, 0.29) is 40.8 Å². The van der Waals surface area contributed by atoms with Crippen LogP contribution in [0.3, 0.4) is 0 Å². The van der Waals surface area contributed by atoms with Crippen molar-refractivity contribution < 1.29 is 18.7 Å². The van der Waals surface area contributed by atoms with E-state index in [9.17, 15) is 14.0 Å². The second-order valence-electron chi connectivity index (χ2n) is 10.2. The van der Waals surface area contributed by atoms with Gasteiger partial charge < -0.3 is 10.1 Å². The van der Waals surface area contributed by atoms with Gasteiger partial charge in [-0.3, -0.25) is 9.59 Å². The number of fused-ring (bicyclic) bond motifs is 5. The van der Waals surface area contributed by atoms with Crippen LogP contribution in [0.2, 0.25) is 0 Å². The van der Waals surface area contributed by atoms with Crippen molar-refractivity contribution in [1.29, 1.82) is 0 Å². The van der Waals surface area contributed by atoms with Crippen LogP contribution < -0.4 is 5.32 Å². The van der Waals surface area contributed by atoms with Crippen molar-refractivity contribution in [1.82, 2.24) is 5.32 Å². The number of hydrogen-bond donors (Lipinski definition) is 1. The molecule has 3 aliphatic carbocycles. The fourth-order valence-corrected chi connectivity index (χ4v) is 7.36. The van der Waals surface area contributed by atoms with Crippen molar-refractivity contribution >= 4 is 11.7 Å². The van der Waals surface area contributed by atoms with Crippen molar-refractivity contribution in [2.75, 3.05) is 20.3 Å². The normalized spacial score (nSPS) is 36.3. The first-order valence-corrected chi connectivity index (χ1v) is 11.5. The van der Waals surface area contributed by atoms with Crippen LogP contribution in [-0.2, 0) is 20.7 Å². The Labute approximate surface area is 177 Å². The number of amides is 1. The summed E-state index contributed by atoms with van der Waals surface area (Å²) in [6, 6.07) is 5.51. The molecule has 162 valence electrons. The lowest BCUT2D eigenvalue weighted by atomic mass is 9.53. The number of carbonyl (C=O) groups excluding carboxylic acids is 2. The van der Waals surface area contributed by atoms with Gasteiger partial charge in [0.2, 0.25) is 5.91 Å². The van der Waals surface area contributed by atoms with Crippen LogP contribution in [0.5, 0.6) is 0 Å². The minimum absolute atomic E-state index is 0.0766. The maximum absolute atomic E-state index is 14.4. The Bertz CT molecular complexity index is 866. The van der Waals surface area contributed by atoms with Gasteiger partial charge in [0.05, 0.1) is 13.2 Å². The monoisotopic (exact) mass is 413 g/mol. The van der Waals surface area contributed by atoms with Crippen molar-refractivity contribution in [2.45, 2.75) is 51.4 Å². The lowest BCUT2D eigenvalue weighted by Crippen LogP contribution is -2.46. The fraction of sp³-hybridized carbons (Fsp3) is 0.680. The van der Waals surface area contributed by atoms with E-state index in [2.05, 4.69) is 18.3 Å². The number of ether oxygens (including phenoxy) is 1. The van der Waals surface area contributed by atoms with E-state index < -0.39 is 0 Å². The average molecular weight is 414 g/mol. The van der Waals surface area contributed by atoms with E-state index in [1.54, 1.807) is 13.1 Å². The topological polar surface area (TPSA) is 55.4 Å². The molecule has 0 bridgehead atoms. The van der Waals surface area contributed by atoms with Gasteiger partial charge in [0.25, 0.3) is 0 Å². The number of benzene rings is 1. The van der Waals surface area contributed by atoms with Crippen LogP contribution in [0.4, 0.5) is 4.39 Å². The van der Waals surface area contributed by atoms with Gasteiger partial charge in [0, 0.05) is 30.7 Å². The van der Waals surface area contributed by atoms with Gasteiger partial charge in [0.15, 0.2) is 0 Å². The summed E-state index contributed by atoms with van der Waals surface area (Å²) in [6.07, 6.45) is 4.88. The van der Waals surface area contributed by atoms with E-state index >= 15 is 0 Å². The summed E-state index contributed by atoms with van der Waals surface area (Å²) in [6.45, 7) is 3.44. The SMILES string of the molecule is CNC(=O)C(C[C@@H]1CC(=O)[C@@]2(C)CCC3c4cccc(F)c4CCC3C12)C1COC1. The number of ketones is 1. The Morgan fingerprint density at radius 3 is 2.83 bits per heavy atom. The van der Waals surface area contributed by atoms with Crippen LogP contribution >= 0.6 is 0 Å². The molecule has 3 fully saturated rings. The van der Waals surface area contributed by atoms with Crippen LogP contribution in [-0.4, -0.2) is 32.0 Å². The smallest absolute Gasteiger partial charge is 0.223 e. The summed E-state index contributed by atoms with van der Waals surface area (Å²) in [7, 11) is 1.70. The first-order valence-electron chi connectivity index (χ1n) is 11.5. The number of rotatable bonds is 4. The molecule has 0 aromatic heterocycles. The molecule has 4 aliphatic rings. The standard InChI is InChI=1S/C25H32FNO3/c1-25-9-8-17-16-4-3-5-21(26)18(16)6-7-19(17)23(25)14(11-22(25)28)10-20(24(29)27-2)15-12-30-13-15/h3-5,14-15,17,19-20,23H,6-13H2,1-2H3,(H,27,29)/t14-,17?,19?,20?,23?,25-/m1/s1. The van der Waals surface area contributed by atoms with Crippen molar-refractivity contribution in [2.24, 2.45) is 35.0 Å². The van der Waals surface area contributed by atoms with Crippen LogP contribution in [0.1, 0.15) is 56.1 Å². The number of carbonyl (C=O) groups is 2. The molecule has 30 heavy (non-hydrogen) atoms. The largest absolute Gasteiger partial charge is 0.381 e. The van der Waals surface area contributed by atoms with E-state index in [1.165, 1.54) is 5.56 Å². The van der Waals surface area contributed by atoms with E-state index in [4.69, 9.17) is 4.74 Å². The number of hydrogen-bond acceptors (Lipinski definition) is 3. The van der Waals surface area contributed by atoms with Gasteiger partial charge in [-0.1, -0.05) is 19.1 Å². The number of halogens is 1. The predicted molar refractivity (Wildman–Crippen MR) is 111 cm³/mol. The minimum atomic E-state index is -0.292. The Balaban J connectivity index is 1.46. The Morgan fingerprint density at radius 1 is 1.33 bits per heavy atom. The Hall–Kier alpha value is -1.75. The molecule has 1 aromatic carbocycles. The van der Waals surface area contributed by atoms with Gasteiger partial charge in [-0.15, -0.1) is 0 Å². The highest BCUT2D eigenvalue weighted by Gasteiger charge is 2.59. The molecule has 4 unspecified atom stereocenters. The Morgan fingerprint density at radius 2 is 2.13 bits per heavy atom. The molecule has 5 rings (SSSR count). The molecule has 5 heteroatoms. The van der Waals surface area contributed by atoms with Gasteiger partial charge in [-0.05, 0) is 73.0 Å². The molecule has 2 saturated carbocycles. The zero-order valence-corrected chi connectivity index (χ0v) is 18.0. The minimum Gasteiger partial charge on any atom is -0.381 e. The summed E-state index contributed by atoms with van der Waals surface area (Å²) in [5, 5.41) is 2.84. The summed E-state index contributed by atoms with van der Waals surface area (Å²) >= 11 is 0. The molecule has 1 amide bonds. The van der Waals surface area contributed by atoms with Gasteiger partial charge in [0.1, 0.15) is 11.6 Å². The summed E-state index contributed by atoms with van der Waals surface area (Å²) in [5.74, 6) is 1.79. The number of Topliss-reactive ketones (excluding diaryl/α,β-unsaturated/α-hetero) is 1. The lowest BCUT2D eigenvalue weighted by Gasteiger charge is -2.50. The van der Waals surface area contributed by atoms with Crippen molar-refractivity contribution in [3.05, 3.63) is 35.1 Å². The van der Waals surface area contributed by atoms with Gasteiger partial charge in [-0.25, -0.2) is 4.39 Å².